The van der Waals surface area contributed by atoms with Crippen molar-refractivity contribution in [2.24, 2.45) is 5.92 Å². The molecule has 0 aliphatic carbocycles. The monoisotopic (exact) mass is 371 g/mol. The number of rotatable bonds is 4. The zero-order valence-electron chi connectivity index (χ0n) is 16.5. The van der Waals surface area contributed by atoms with E-state index in [9.17, 15) is 4.79 Å². The summed E-state index contributed by atoms with van der Waals surface area (Å²) in [6.45, 7) is 10.8. The Balaban J connectivity index is 1.63. The van der Waals surface area contributed by atoms with Gasteiger partial charge in [-0.3, -0.25) is 4.79 Å². The molecule has 0 saturated carbocycles. The summed E-state index contributed by atoms with van der Waals surface area (Å²) >= 11 is 0. The van der Waals surface area contributed by atoms with Crippen molar-refractivity contribution in [3.8, 4) is 5.75 Å². The van der Waals surface area contributed by atoms with Crippen molar-refractivity contribution in [1.82, 2.24) is 15.3 Å². The number of hydrogen-bond donors (Lipinski definition) is 2. The van der Waals surface area contributed by atoms with Crippen molar-refractivity contribution in [1.29, 1.82) is 0 Å². The Morgan fingerprint density at radius 3 is 2.59 bits per heavy atom. The molecule has 2 saturated heterocycles. The molecule has 2 N–H and O–H groups in total. The summed E-state index contributed by atoms with van der Waals surface area (Å²) in [5.41, 5.74) is 1.69. The van der Waals surface area contributed by atoms with E-state index in [2.05, 4.69) is 15.3 Å². The SMILES string of the molecule is C[C@@H](Oc1cc(B2OC(C)(C)C(C)(C)O2)cc2[nH]cnc12)C1CNC(=O)C1. The minimum absolute atomic E-state index is 0.0753. The molecule has 0 spiro atoms. The number of ether oxygens (including phenoxy) is 1. The van der Waals surface area contributed by atoms with Crippen LogP contribution in [0.5, 0.6) is 5.75 Å². The van der Waals surface area contributed by atoms with Gasteiger partial charge in [0.1, 0.15) is 17.4 Å². The molecular formula is C19H26BN3O4. The van der Waals surface area contributed by atoms with Gasteiger partial charge in [0.05, 0.1) is 23.0 Å². The molecule has 1 aromatic carbocycles. The van der Waals surface area contributed by atoms with Crippen molar-refractivity contribution >= 4 is 29.5 Å². The number of nitrogens with one attached hydrogen (secondary N) is 2. The van der Waals surface area contributed by atoms with Crippen LogP contribution in [0.3, 0.4) is 0 Å². The zero-order valence-corrected chi connectivity index (χ0v) is 16.5. The Bertz CT molecular complexity index is 863. The van der Waals surface area contributed by atoms with Gasteiger partial charge in [0, 0.05) is 18.9 Å². The summed E-state index contributed by atoms with van der Waals surface area (Å²) in [5, 5.41) is 2.86. The molecule has 1 unspecified atom stereocenters. The summed E-state index contributed by atoms with van der Waals surface area (Å²) in [4.78, 5) is 19.1. The highest BCUT2D eigenvalue weighted by Crippen LogP contribution is 2.37. The van der Waals surface area contributed by atoms with Gasteiger partial charge in [0.25, 0.3) is 0 Å². The number of H-pyrrole nitrogens is 1. The normalized spacial score (nSPS) is 25.0. The van der Waals surface area contributed by atoms with Crippen LogP contribution in [0.1, 0.15) is 41.0 Å². The second kappa shape index (κ2) is 6.24. The Morgan fingerprint density at radius 2 is 1.96 bits per heavy atom. The van der Waals surface area contributed by atoms with Gasteiger partial charge < -0.3 is 24.3 Å². The number of nitrogens with zero attached hydrogens (tertiary/aromatic N) is 1. The first-order chi connectivity index (χ1) is 12.7. The van der Waals surface area contributed by atoms with E-state index in [4.69, 9.17) is 14.0 Å². The summed E-state index contributed by atoms with van der Waals surface area (Å²) in [7, 11) is -0.477. The highest BCUT2D eigenvalue weighted by Gasteiger charge is 2.52. The molecule has 3 heterocycles. The third-order valence-electron chi connectivity index (χ3n) is 6.02. The van der Waals surface area contributed by atoms with E-state index in [1.54, 1.807) is 6.33 Å². The van der Waals surface area contributed by atoms with E-state index in [-0.39, 0.29) is 17.9 Å². The van der Waals surface area contributed by atoms with Gasteiger partial charge in [-0.25, -0.2) is 4.98 Å². The Kier molecular flexibility index (Phi) is 4.23. The molecule has 4 rings (SSSR count). The molecule has 144 valence electrons. The lowest BCUT2D eigenvalue weighted by Crippen LogP contribution is -2.41. The van der Waals surface area contributed by atoms with Gasteiger partial charge >= 0.3 is 7.12 Å². The molecule has 7 nitrogen and oxygen atoms in total. The lowest BCUT2D eigenvalue weighted by atomic mass is 9.79. The number of hydrogen-bond acceptors (Lipinski definition) is 5. The van der Waals surface area contributed by atoms with Crippen LogP contribution in [0.25, 0.3) is 11.0 Å². The molecule has 0 radical (unpaired) electrons. The van der Waals surface area contributed by atoms with Crippen molar-refractivity contribution in [2.75, 3.05) is 6.54 Å². The molecule has 2 aromatic rings. The summed E-state index contributed by atoms with van der Waals surface area (Å²) < 4.78 is 18.6. The number of fused-ring (bicyclic) bond motifs is 1. The predicted octanol–water partition coefficient (Wildman–Crippen LogP) is 1.77. The Morgan fingerprint density at radius 1 is 1.26 bits per heavy atom. The van der Waals surface area contributed by atoms with Crippen LogP contribution in [-0.2, 0) is 14.1 Å². The molecule has 1 aromatic heterocycles. The smallest absolute Gasteiger partial charge is 0.488 e. The minimum atomic E-state index is -0.477. The van der Waals surface area contributed by atoms with Crippen LogP contribution in [0, 0.1) is 5.92 Å². The number of amides is 1. The maximum atomic E-state index is 11.5. The highest BCUT2D eigenvalue weighted by molar-refractivity contribution is 6.62. The van der Waals surface area contributed by atoms with E-state index in [1.165, 1.54) is 0 Å². The average Bonchev–Trinajstić information content (AvgIpc) is 3.26. The Labute approximate surface area is 159 Å². The van der Waals surface area contributed by atoms with Gasteiger partial charge in [-0.2, -0.15) is 0 Å². The number of imidazole rings is 1. The first kappa shape index (κ1) is 18.3. The fraction of sp³-hybridized carbons (Fsp3) is 0.579. The van der Waals surface area contributed by atoms with E-state index >= 15 is 0 Å². The van der Waals surface area contributed by atoms with Gasteiger partial charge in [-0.15, -0.1) is 0 Å². The zero-order chi connectivity index (χ0) is 19.4. The van der Waals surface area contributed by atoms with Gasteiger partial charge in [0.2, 0.25) is 5.91 Å². The van der Waals surface area contributed by atoms with Crippen molar-refractivity contribution in [3.05, 3.63) is 18.5 Å². The lowest BCUT2D eigenvalue weighted by molar-refractivity contribution is -0.119. The van der Waals surface area contributed by atoms with Crippen LogP contribution in [-0.4, -0.2) is 46.8 Å². The summed E-state index contributed by atoms with van der Waals surface area (Å²) in [6, 6.07) is 3.93. The molecule has 2 fully saturated rings. The van der Waals surface area contributed by atoms with Crippen LogP contribution >= 0.6 is 0 Å². The molecular weight excluding hydrogens is 345 g/mol. The summed E-state index contributed by atoms with van der Waals surface area (Å²) in [6.07, 6.45) is 2.02. The van der Waals surface area contributed by atoms with Crippen LogP contribution in [0.15, 0.2) is 18.5 Å². The fourth-order valence-electron chi connectivity index (χ4n) is 3.50. The second-order valence-electron chi connectivity index (χ2n) is 8.50. The predicted molar refractivity (Wildman–Crippen MR) is 103 cm³/mol. The third-order valence-corrected chi connectivity index (χ3v) is 6.02. The van der Waals surface area contributed by atoms with E-state index in [0.717, 1.165) is 16.5 Å². The number of aromatic amines is 1. The number of carbonyl (C=O) groups excluding carboxylic acids is 1. The van der Waals surface area contributed by atoms with Crippen LogP contribution in [0.4, 0.5) is 0 Å². The first-order valence-electron chi connectivity index (χ1n) is 9.42. The maximum absolute atomic E-state index is 11.5. The fourth-order valence-corrected chi connectivity index (χ4v) is 3.50. The van der Waals surface area contributed by atoms with Gasteiger partial charge in [-0.05, 0) is 52.2 Å². The molecule has 2 atom stereocenters. The Hall–Kier alpha value is -2.06. The van der Waals surface area contributed by atoms with E-state index in [1.807, 2.05) is 46.8 Å². The average molecular weight is 371 g/mol. The van der Waals surface area contributed by atoms with Crippen LogP contribution in [0.2, 0.25) is 0 Å². The lowest BCUT2D eigenvalue weighted by Gasteiger charge is -2.32. The molecule has 0 bridgehead atoms. The largest absolute Gasteiger partial charge is 0.495 e. The molecule has 27 heavy (non-hydrogen) atoms. The number of benzene rings is 1. The highest BCUT2D eigenvalue weighted by atomic mass is 16.7. The van der Waals surface area contributed by atoms with Crippen LogP contribution < -0.4 is 15.5 Å². The first-order valence-corrected chi connectivity index (χ1v) is 9.42. The number of aromatic nitrogens is 2. The van der Waals surface area contributed by atoms with Gasteiger partial charge in [-0.1, -0.05) is 0 Å². The minimum Gasteiger partial charge on any atom is -0.488 e. The molecule has 2 aliphatic heterocycles. The standard InChI is InChI=1S/C19H26BN3O4/c1-11(12-6-16(24)21-9-12)25-15-8-13(7-14-17(15)23-10-22-14)20-26-18(2,3)19(4,5)27-20/h7-8,10-12H,6,9H2,1-5H3,(H,21,24)(H,22,23)/t11-,12?/m1/s1. The summed E-state index contributed by atoms with van der Waals surface area (Å²) in [5.74, 6) is 0.892. The molecule has 1 amide bonds. The van der Waals surface area contributed by atoms with Gasteiger partial charge in [0.15, 0.2) is 0 Å². The third kappa shape index (κ3) is 3.21. The molecule has 2 aliphatic rings. The van der Waals surface area contributed by atoms with E-state index < -0.39 is 18.3 Å². The second-order valence-corrected chi connectivity index (χ2v) is 8.50. The quantitative estimate of drug-likeness (QED) is 0.801. The van der Waals surface area contributed by atoms with E-state index in [0.29, 0.717) is 18.7 Å². The number of carbonyl (C=O) groups is 1. The van der Waals surface area contributed by atoms with Crippen molar-refractivity contribution < 1.29 is 18.8 Å². The maximum Gasteiger partial charge on any atom is 0.495 e. The molecule has 8 heteroatoms. The topological polar surface area (TPSA) is 85.5 Å². The van der Waals surface area contributed by atoms with Crippen molar-refractivity contribution in [3.63, 3.8) is 0 Å². The van der Waals surface area contributed by atoms with Crippen molar-refractivity contribution in [2.45, 2.75) is 58.3 Å².